The Bertz CT molecular complexity index is 558. The number of rotatable bonds is 4. The molecule has 0 N–H and O–H groups in total. The largest absolute Gasteiger partial charge is 0.461 e. The maximum Gasteiger partial charge on any atom is 0.303 e. The van der Waals surface area contributed by atoms with Gasteiger partial charge in [-0.05, 0) is 31.2 Å². The van der Waals surface area contributed by atoms with Crippen molar-refractivity contribution in [1.29, 1.82) is 0 Å². The molecule has 7 heteroatoms. The van der Waals surface area contributed by atoms with Gasteiger partial charge in [0.1, 0.15) is 11.9 Å². The Morgan fingerprint density at radius 1 is 1.09 bits per heavy atom. The molecule has 0 amide bonds. The number of carbonyl (C=O) groups excluding carboxylic acids is 2. The van der Waals surface area contributed by atoms with E-state index in [2.05, 4.69) is 15.9 Å². The summed E-state index contributed by atoms with van der Waals surface area (Å²) < 4.78 is 23.0. The number of carbonyl (C=O) groups is 2. The Balaban J connectivity index is 2.10. The first kappa shape index (κ1) is 17.7. The highest BCUT2D eigenvalue weighted by atomic mass is 79.9. The molecule has 2 rings (SSSR count). The monoisotopic (exact) mass is 386 g/mol. The maximum absolute atomic E-state index is 11.3. The molecular weight excluding hydrogens is 368 g/mol. The summed E-state index contributed by atoms with van der Waals surface area (Å²) in [6.45, 7) is 4.43. The number of hydrogen-bond donors (Lipinski definition) is 0. The molecule has 0 spiro atoms. The normalized spacial score (nSPS) is 27.1. The van der Waals surface area contributed by atoms with Gasteiger partial charge in [-0.15, -0.1) is 0 Å². The van der Waals surface area contributed by atoms with E-state index in [-0.39, 0.29) is 6.10 Å². The summed E-state index contributed by atoms with van der Waals surface area (Å²) in [4.78, 5) is 22.5. The van der Waals surface area contributed by atoms with Crippen LogP contribution in [-0.4, -0.2) is 36.5 Å². The summed E-state index contributed by atoms with van der Waals surface area (Å²) in [6, 6.07) is 7.23. The predicted molar refractivity (Wildman–Crippen MR) is 84.8 cm³/mol. The van der Waals surface area contributed by atoms with Gasteiger partial charge >= 0.3 is 11.9 Å². The molecule has 0 saturated carbocycles. The molecule has 0 bridgehead atoms. The number of halogens is 1. The van der Waals surface area contributed by atoms with Crippen LogP contribution in [0.1, 0.15) is 27.2 Å². The lowest BCUT2D eigenvalue weighted by Crippen LogP contribution is -2.51. The van der Waals surface area contributed by atoms with Crippen molar-refractivity contribution in [3.05, 3.63) is 28.7 Å². The zero-order chi connectivity index (χ0) is 17.0. The molecule has 1 saturated heterocycles. The number of hydrogen-bond acceptors (Lipinski definition) is 6. The van der Waals surface area contributed by atoms with Crippen molar-refractivity contribution in [3.8, 4) is 5.75 Å². The van der Waals surface area contributed by atoms with Crippen molar-refractivity contribution in [2.24, 2.45) is 0 Å². The van der Waals surface area contributed by atoms with E-state index in [0.717, 1.165) is 4.47 Å². The van der Waals surface area contributed by atoms with E-state index in [1.807, 2.05) is 12.1 Å². The van der Waals surface area contributed by atoms with Crippen LogP contribution in [-0.2, 0) is 23.8 Å². The number of benzene rings is 1. The second-order valence-electron chi connectivity index (χ2n) is 5.31. The smallest absolute Gasteiger partial charge is 0.303 e. The minimum absolute atomic E-state index is 0.321. The highest BCUT2D eigenvalue weighted by Crippen LogP contribution is 2.28. The van der Waals surface area contributed by atoms with Crippen LogP contribution in [0.15, 0.2) is 28.7 Å². The highest BCUT2D eigenvalue weighted by molar-refractivity contribution is 9.10. The number of esters is 2. The molecule has 126 valence electrons. The van der Waals surface area contributed by atoms with Crippen LogP contribution in [0.4, 0.5) is 0 Å². The van der Waals surface area contributed by atoms with Gasteiger partial charge in [-0.25, -0.2) is 0 Å². The van der Waals surface area contributed by atoms with Crippen molar-refractivity contribution in [2.75, 3.05) is 0 Å². The molecule has 1 fully saturated rings. The molecule has 1 aromatic rings. The summed E-state index contributed by atoms with van der Waals surface area (Å²) in [6.07, 6.45) is -1.95. The number of ether oxygens (including phenoxy) is 4. The van der Waals surface area contributed by atoms with E-state index in [0.29, 0.717) is 12.2 Å². The van der Waals surface area contributed by atoms with Gasteiger partial charge in [0.05, 0.1) is 6.10 Å². The standard InChI is InChI=1S/C16H19BrO6/c1-9-14(21-10(2)18)8-15(22-11(3)19)16(20-9)23-13-6-4-12(17)5-7-13/h4-7,9,14-16H,8H2,1-3H3/t9-,14-,15-,16-/m0/s1. The molecule has 4 atom stereocenters. The third-order valence-corrected chi connectivity index (χ3v) is 3.87. The zero-order valence-electron chi connectivity index (χ0n) is 13.2. The second kappa shape index (κ2) is 7.79. The molecule has 0 radical (unpaired) electrons. The Morgan fingerprint density at radius 2 is 1.65 bits per heavy atom. The predicted octanol–water partition coefficient (Wildman–Crippen LogP) is 2.83. The van der Waals surface area contributed by atoms with Gasteiger partial charge in [-0.3, -0.25) is 9.59 Å². The first-order chi connectivity index (χ1) is 10.8. The summed E-state index contributed by atoms with van der Waals surface area (Å²) in [5.41, 5.74) is 0. The van der Waals surface area contributed by atoms with Crippen LogP contribution in [0.5, 0.6) is 5.75 Å². The Morgan fingerprint density at radius 3 is 2.22 bits per heavy atom. The van der Waals surface area contributed by atoms with Crippen molar-refractivity contribution in [3.63, 3.8) is 0 Å². The van der Waals surface area contributed by atoms with Crippen molar-refractivity contribution >= 4 is 27.9 Å². The zero-order valence-corrected chi connectivity index (χ0v) is 14.7. The second-order valence-corrected chi connectivity index (χ2v) is 6.23. The van der Waals surface area contributed by atoms with Gasteiger partial charge < -0.3 is 18.9 Å². The lowest BCUT2D eigenvalue weighted by Gasteiger charge is -2.38. The van der Waals surface area contributed by atoms with E-state index in [1.165, 1.54) is 13.8 Å². The Labute approximate surface area is 143 Å². The molecule has 23 heavy (non-hydrogen) atoms. The van der Waals surface area contributed by atoms with E-state index < -0.39 is 30.4 Å². The quantitative estimate of drug-likeness (QED) is 0.740. The maximum atomic E-state index is 11.3. The van der Waals surface area contributed by atoms with Gasteiger partial charge in [-0.1, -0.05) is 15.9 Å². The van der Waals surface area contributed by atoms with Crippen molar-refractivity contribution in [2.45, 2.75) is 51.8 Å². The summed E-state index contributed by atoms with van der Waals surface area (Å²) in [5, 5.41) is 0. The first-order valence-electron chi connectivity index (χ1n) is 7.27. The van der Waals surface area contributed by atoms with Gasteiger partial charge in [0.25, 0.3) is 0 Å². The molecule has 1 aromatic carbocycles. The fourth-order valence-corrected chi connectivity index (χ4v) is 2.61. The van der Waals surface area contributed by atoms with Crippen LogP contribution in [0, 0.1) is 0 Å². The van der Waals surface area contributed by atoms with Crippen molar-refractivity contribution < 1.29 is 28.5 Å². The topological polar surface area (TPSA) is 71.1 Å². The highest BCUT2D eigenvalue weighted by Gasteiger charge is 2.41. The molecular formula is C16H19BrO6. The van der Waals surface area contributed by atoms with E-state index in [1.54, 1.807) is 19.1 Å². The van der Waals surface area contributed by atoms with E-state index in [4.69, 9.17) is 18.9 Å². The molecule has 0 aromatic heterocycles. The third kappa shape index (κ3) is 5.21. The van der Waals surface area contributed by atoms with Crippen LogP contribution in [0.2, 0.25) is 0 Å². The van der Waals surface area contributed by atoms with Gasteiger partial charge in [0.15, 0.2) is 6.10 Å². The van der Waals surface area contributed by atoms with E-state index in [9.17, 15) is 9.59 Å². The Hall–Kier alpha value is -1.60. The van der Waals surface area contributed by atoms with Crippen LogP contribution in [0.25, 0.3) is 0 Å². The first-order valence-corrected chi connectivity index (χ1v) is 8.06. The van der Waals surface area contributed by atoms with Gasteiger partial charge in [0, 0.05) is 24.7 Å². The summed E-state index contributed by atoms with van der Waals surface area (Å²) >= 11 is 3.35. The minimum Gasteiger partial charge on any atom is -0.461 e. The Kier molecular flexibility index (Phi) is 6.01. The van der Waals surface area contributed by atoms with Gasteiger partial charge in [0.2, 0.25) is 6.29 Å². The minimum atomic E-state index is -0.762. The van der Waals surface area contributed by atoms with Gasteiger partial charge in [-0.2, -0.15) is 0 Å². The molecule has 6 nitrogen and oxygen atoms in total. The molecule has 0 unspecified atom stereocenters. The molecule has 1 heterocycles. The average molecular weight is 387 g/mol. The fraction of sp³-hybridized carbons (Fsp3) is 0.500. The van der Waals surface area contributed by atoms with E-state index >= 15 is 0 Å². The molecule has 1 aliphatic heterocycles. The SMILES string of the molecule is CC(=O)O[C@H]1C[C@H](OC(C)=O)[C@H](C)O[C@H]1Oc1ccc(Br)cc1. The average Bonchev–Trinajstić information content (AvgIpc) is 2.45. The van der Waals surface area contributed by atoms with Crippen LogP contribution >= 0.6 is 15.9 Å². The van der Waals surface area contributed by atoms with Crippen LogP contribution in [0.3, 0.4) is 0 Å². The fourth-order valence-electron chi connectivity index (χ4n) is 2.34. The lowest BCUT2D eigenvalue weighted by atomic mass is 10.0. The lowest BCUT2D eigenvalue weighted by molar-refractivity contribution is -0.242. The summed E-state index contributed by atoms with van der Waals surface area (Å²) in [7, 11) is 0. The third-order valence-electron chi connectivity index (χ3n) is 3.34. The van der Waals surface area contributed by atoms with Crippen molar-refractivity contribution in [1.82, 2.24) is 0 Å². The molecule has 1 aliphatic rings. The van der Waals surface area contributed by atoms with Crippen LogP contribution < -0.4 is 4.74 Å². The molecule has 0 aliphatic carbocycles. The summed E-state index contributed by atoms with van der Waals surface area (Å²) in [5.74, 6) is -0.257.